The van der Waals surface area contributed by atoms with Crippen molar-refractivity contribution in [2.75, 3.05) is 37.7 Å². The third kappa shape index (κ3) is 2.69. The minimum atomic E-state index is -0.397. The number of aromatic nitrogens is 2. The number of piperazine rings is 1. The van der Waals surface area contributed by atoms with E-state index in [1.54, 1.807) is 0 Å². The Balaban J connectivity index is 1.65. The summed E-state index contributed by atoms with van der Waals surface area (Å²) >= 11 is 0. The average Bonchev–Trinajstić information content (AvgIpc) is 2.47. The molecule has 3 rings (SSSR count). The highest BCUT2D eigenvalue weighted by molar-refractivity contribution is 5.30. The maximum absolute atomic E-state index is 12.8. The van der Waals surface area contributed by atoms with E-state index in [0.29, 0.717) is 17.9 Å². The zero-order valence-corrected chi connectivity index (χ0v) is 10.9. The fourth-order valence-corrected chi connectivity index (χ4v) is 3.06. The van der Waals surface area contributed by atoms with E-state index < -0.39 is 5.82 Å². The lowest BCUT2D eigenvalue weighted by molar-refractivity contribution is 0.0670. The Hall–Kier alpha value is -1.27. The summed E-state index contributed by atoms with van der Waals surface area (Å²) < 4.78 is 12.8. The van der Waals surface area contributed by atoms with Crippen molar-refractivity contribution >= 4 is 5.95 Å². The van der Waals surface area contributed by atoms with Crippen molar-refractivity contribution in [3.63, 3.8) is 0 Å². The van der Waals surface area contributed by atoms with Gasteiger partial charge in [0.05, 0.1) is 12.4 Å². The molecule has 2 fully saturated rings. The van der Waals surface area contributed by atoms with E-state index in [1.165, 1.54) is 12.4 Å². The zero-order chi connectivity index (χ0) is 13.2. The first-order valence-electron chi connectivity index (χ1n) is 6.83. The monoisotopic (exact) mass is 266 g/mol. The predicted octanol–water partition coefficient (Wildman–Crippen LogP) is 0.509. The molecule has 1 N–H and O–H groups in total. The van der Waals surface area contributed by atoms with E-state index in [1.807, 2.05) is 0 Å². The van der Waals surface area contributed by atoms with Gasteiger partial charge in [-0.3, -0.25) is 4.90 Å². The lowest BCUT2D eigenvalue weighted by atomic mass is 9.92. The number of piperidine rings is 1. The zero-order valence-electron chi connectivity index (χ0n) is 10.9. The second-order valence-corrected chi connectivity index (χ2v) is 5.42. The molecular weight excluding hydrogens is 247 g/mol. The molecule has 2 aliphatic rings. The van der Waals surface area contributed by atoms with Crippen LogP contribution >= 0.6 is 0 Å². The number of hydrogen-bond acceptors (Lipinski definition) is 5. The van der Waals surface area contributed by atoms with Gasteiger partial charge in [-0.2, -0.15) is 0 Å². The summed E-state index contributed by atoms with van der Waals surface area (Å²) in [6.07, 6.45) is 4.62. The quantitative estimate of drug-likeness (QED) is 0.845. The van der Waals surface area contributed by atoms with Crippen molar-refractivity contribution in [3.05, 3.63) is 18.2 Å². The molecule has 0 radical (unpaired) electrons. The summed E-state index contributed by atoms with van der Waals surface area (Å²) in [5, 5.41) is 9.24. The summed E-state index contributed by atoms with van der Waals surface area (Å²) in [5.41, 5.74) is 0. The van der Waals surface area contributed by atoms with Gasteiger partial charge < -0.3 is 10.0 Å². The summed E-state index contributed by atoms with van der Waals surface area (Å²) in [7, 11) is 0. The minimum Gasteiger partial charge on any atom is -0.396 e. The van der Waals surface area contributed by atoms with E-state index >= 15 is 0 Å². The first-order chi connectivity index (χ1) is 9.26. The first kappa shape index (κ1) is 12.7. The van der Waals surface area contributed by atoms with Gasteiger partial charge in [0, 0.05) is 38.8 Å². The SMILES string of the molecule is OC[C@H]1CCC2CN(c3ncc(F)cn3)CCN2C1. The van der Waals surface area contributed by atoms with Crippen molar-refractivity contribution in [1.29, 1.82) is 0 Å². The summed E-state index contributed by atoms with van der Waals surface area (Å²) in [5.74, 6) is 0.640. The van der Waals surface area contributed by atoms with E-state index in [0.717, 1.165) is 39.0 Å². The van der Waals surface area contributed by atoms with E-state index in [4.69, 9.17) is 0 Å². The number of halogens is 1. The molecule has 2 atom stereocenters. The third-order valence-corrected chi connectivity index (χ3v) is 4.15. The third-order valence-electron chi connectivity index (χ3n) is 4.15. The van der Waals surface area contributed by atoms with E-state index in [9.17, 15) is 9.50 Å². The normalized spacial score (nSPS) is 28.2. The smallest absolute Gasteiger partial charge is 0.225 e. The highest BCUT2D eigenvalue weighted by atomic mass is 19.1. The Labute approximate surface area is 112 Å². The second kappa shape index (κ2) is 5.38. The number of hydrogen-bond donors (Lipinski definition) is 1. The lowest BCUT2D eigenvalue weighted by Crippen LogP contribution is -2.57. The molecule has 1 unspecified atom stereocenters. The van der Waals surface area contributed by atoms with Gasteiger partial charge in [-0.15, -0.1) is 0 Å². The summed E-state index contributed by atoms with van der Waals surface area (Å²) in [4.78, 5) is 12.7. The van der Waals surface area contributed by atoms with Crippen LogP contribution in [0.3, 0.4) is 0 Å². The summed E-state index contributed by atoms with van der Waals surface area (Å²) in [6, 6.07) is 0.505. The maximum Gasteiger partial charge on any atom is 0.225 e. The number of rotatable bonds is 2. The Morgan fingerprint density at radius 3 is 2.74 bits per heavy atom. The molecule has 1 aromatic rings. The fourth-order valence-electron chi connectivity index (χ4n) is 3.06. The lowest BCUT2D eigenvalue weighted by Gasteiger charge is -2.46. The Morgan fingerprint density at radius 2 is 2.00 bits per heavy atom. The van der Waals surface area contributed by atoms with Crippen LogP contribution < -0.4 is 4.90 Å². The standard InChI is InChI=1S/C13H19FN4O/c14-11-5-15-13(16-6-11)18-4-3-17-7-10(9-19)1-2-12(17)8-18/h5-6,10,12,19H,1-4,7-9H2/t10-,12?/m0/s1. The van der Waals surface area contributed by atoms with Crippen LogP contribution in [0.25, 0.3) is 0 Å². The molecule has 0 amide bonds. The molecule has 0 aromatic carbocycles. The molecule has 3 heterocycles. The maximum atomic E-state index is 12.8. The Bertz CT molecular complexity index is 427. The molecule has 2 aliphatic heterocycles. The van der Waals surface area contributed by atoms with Crippen molar-refractivity contribution < 1.29 is 9.50 Å². The molecule has 104 valence electrons. The molecule has 0 saturated carbocycles. The highest BCUT2D eigenvalue weighted by Gasteiger charge is 2.33. The van der Waals surface area contributed by atoms with Crippen molar-refractivity contribution in [3.8, 4) is 0 Å². The summed E-state index contributed by atoms with van der Waals surface area (Å²) in [6.45, 7) is 3.99. The van der Waals surface area contributed by atoms with Crippen LogP contribution in [-0.2, 0) is 0 Å². The molecule has 0 bridgehead atoms. The Morgan fingerprint density at radius 1 is 1.21 bits per heavy atom. The molecule has 0 spiro atoms. The van der Waals surface area contributed by atoms with Crippen LogP contribution in [0.1, 0.15) is 12.8 Å². The van der Waals surface area contributed by atoms with Crippen molar-refractivity contribution in [1.82, 2.24) is 14.9 Å². The predicted molar refractivity (Wildman–Crippen MR) is 69.4 cm³/mol. The molecule has 2 saturated heterocycles. The molecule has 0 aliphatic carbocycles. The van der Waals surface area contributed by atoms with E-state index in [2.05, 4.69) is 19.8 Å². The Kier molecular flexibility index (Phi) is 3.61. The van der Waals surface area contributed by atoms with Gasteiger partial charge in [0.1, 0.15) is 0 Å². The number of anilines is 1. The number of aliphatic hydroxyl groups is 1. The van der Waals surface area contributed by atoms with Crippen molar-refractivity contribution in [2.45, 2.75) is 18.9 Å². The molecule has 5 nitrogen and oxygen atoms in total. The topological polar surface area (TPSA) is 52.5 Å². The largest absolute Gasteiger partial charge is 0.396 e. The van der Waals surface area contributed by atoms with Crippen LogP contribution in [0.4, 0.5) is 10.3 Å². The van der Waals surface area contributed by atoms with Gasteiger partial charge in [-0.25, -0.2) is 14.4 Å². The fraction of sp³-hybridized carbons (Fsp3) is 0.692. The van der Waals surface area contributed by atoms with Crippen LogP contribution in [0.5, 0.6) is 0 Å². The average molecular weight is 266 g/mol. The number of fused-ring (bicyclic) bond motifs is 1. The van der Waals surface area contributed by atoms with Gasteiger partial charge in [0.25, 0.3) is 0 Å². The van der Waals surface area contributed by atoms with Gasteiger partial charge in [-0.1, -0.05) is 0 Å². The molecule has 1 aromatic heterocycles. The highest BCUT2D eigenvalue weighted by Crippen LogP contribution is 2.26. The van der Waals surface area contributed by atoms with Crippen LogP contribution in [-0.4, -0.2) is 58.8 Å². The van der Waals surface area contributed by atoms with Crippen LogP contribution in [0.2, 0.25) is 0 Å². The molecule has 19 heavy (non-hydrogen) atoms. The van der Waals surface area contributed by atoms with Crippen LogP contribution in [0, 0.1) is 11.7 Å². The van der Waals surface area contributed by atoms with Gasteiger partial charge in [-0.05, 0) is 18.8 Å². The second-order valence-electron chi connectivity index (χ2n) is 5.42. The van der Waals surface area contributed by atoms with Gasteiger partial charge in [0.15, 0.2) is 5.82 Å². The van der Waals surface area contributed by atoms with E-state index in [-0.39, 0.29) is 6.61 Å². The van der Waals surface area contributed by atoms with Gasteiger partial charge in [0.2, 0.25) is 5.95 Å². The van der Waals surface area contributed by atoms with Crippen molar-refractivity contribution in [2.24, 2.45) is 5.92 Å². The van der Waals surface area contributed by atoms with Crippen LogP contribution in [0.15, 0.2) is 12.4 Å². The van der Waals surface area contributed by atoms with Gasteiger partial charge >= 0.3 is 0 Å². The number of nitrogens with zero attached hydrogens (tertiary/aromatic N) is 4. The number of aliphatic hydroxyl groups excluding tert-OH is 1. The molecular formula is C13H19FN4O. The molecule has 6 heteroatoms. The first-order valence-corrected chi connectivity index (χ1v) is 6.83. The minimum absolute atomic E-state index is 0.286.